The second-order valence-electron chi connectivity index (χ2n) is 8.27. The number of fused-ring (bicyclic) bond motifs is 1. The van der Waals surface area contributed by atoms with Gasteiger partial charge >= 0.3 is 5.97 Å². The molecule has 156 valence electrons. The standard InChI is InChI=1S/C23H31N3O3/c27-23(28)21(14-17-8-12-29-13-9-17)24-16-19-15-18-6-2-3-7-20(18)25-22(19)26-10-4-1-5-11-26/h2-3,6-7,15,17,21,24H,1,4-5,8-14,16H2,(H,27,28). The molecule has 2 fully saturated rings. The van der Waals surface area contributed by atoms with E-state index in [0.29, 0.717) is 18.9 Å². The molecule has 3 heterocycles. The van der Waals surface area contributed by atoms with Crippen molar-refractivity contribution in [2.24, 2.45) is 5.92 Å². The third-order valence-electron chi connectivity index (χ3n) is 6.18. The van der Waals surface area contributed by atoms with Gasteiger partial charge in [-0.1, -0.05) is 18.2 Å². The number of para-hydroxylation sites is 1. The van der Waals surface area contributed by atoms with Crippen molar-refractivity contribution in [1.82, 2.24) is 10.3 Å². The van der Waals surface area contributed by atoms with E-state index in [4.69, 9.17) is 9.72 Å². The van der Waals surface area contributed by atoms with Crippen molar-refractivity contribution in [3.63, 3.8) is 0 Å². The lowest BCUT2D eigenvalue weighted by Gasteiger charge is -2.30. The van der Waals surface area contributed by atoms with Gasteiger partial charge in [0, 0.05) is 43.8 Å². The van der Waals surface area contributed by atoms with Gasteiger partial charge in [-0.05, 0) is 56.6 Å². The SMILES string of the molecule is O=C(O)C(CC1CCOCC1)NCc1cc2ccccc2nc1N1CCCCC1. The third-order valence-corrected chi connectivity index (χ3v) is 6.18. The number of ether oxygens (including phenoxy) is 1. The first-order chi connectivity index (χ1) is 14.2. The summed E-state index contributed by atoms with van der Waals surface area (Å²) in [6, 6.07) is 9.79. The minimum atomic E-state index is -0.773. The van der Waals surface area contributed by atoms with E-state index < -0.39 is 12.0 Å². The molecular formula is C23H31N3O3. The maximum Gasteiger partial charge on any atom is 0.320 e. The molecule has 1 aromatic carbocycles. The highest BCUT2D eigenvalue weighted by Crippen LogP contribution is 2.27. The van der Waals surface area contributed by atoms with Crippen LogP contribution >= 0.6 is 0 Å². The summed E-state index contributed by atoms with van der Waals surface area (Å²) in [5.41, 5.74) is 2.08. The van der Waals surface area contributed by atoms with E-state index in [-0.39, 0.29) is 0 Å². The molecule has 2 aromatic rings. The fourth-order valence-corrected chi connectivity index (χ4v) is 4.48. The largest absolute Gasteiger partial charge is 0.480 e. The van der Waals surface area contributed by atoms with Crippen molar-refractivity contribution >= 4 is 22.7 Å². The van der Waals surface area contributed by atoms with Gasteiger partial charge in [0.25, 0.3) is 0 Å². The molecule has 0 bridgehead atoms. The number of aromatic nitrogens is 1. The summed E-state index contributed by atoms with van der Waals surface area (Å²) in [4.78, 5) is 19.2. The predicted octanol–water partition coefficient (Wildman–Crippen LogP) is 3.58. The normalized spacial score (nSPS) is 19.4. The maximum absolute atomic E-state index is 11.9. The molecule has 4 rings (SSSR count). The van der Waals surface area contributed by atoms with Crippen molar-refractivity contribution in [3.05, 3.63) is 35.9 Å². The number of rotatable bonds is 7. The van der Waals surface area contributed by atoms with Gasteiger partial charge in [0.15, 0.2) is 0 Å². The summed E-state index contributed by atoms with van der Waals surface area (Å²) in [7, 11) is 0. The molecule has 6 nitrogen and oxygen atoms in total. The summed E-state index contributed by atoms with van der Waals surface area (Å²) >= 11 is 0. The van der Waals surface area contributed by atoms with E-state index in [1.165, 1.54) is 19.3 Å². The fraction of sp³-hybridized carbons (Fsp3) is 0.565. The summed E-state index contributed by atoms with van der Waals surface area (Å²) in [5, 5.41) is 14.2. The number of benzene rings is 1. The molecule has 0 spiro atoms. The molecule has 1 unspecified atom stereocenters. The second-order valence-corrected chi connectivity index (χ2v) is 8.27. The number of hydrogen-bond acceptors (Lipinski definition) is 5. The van der Waals surface area contributed by atoms with E-state index in [0.717, 1.165) is 61.4 Å². The van der Waals surface area contributed by atoms with Gasteiger partial charge < -0.3 is 20.1 Å². The number of anilines is 1. The van der Waals surface area contributed by atoms with Crippen LogP contribution in [0.25, 0.3) is 10.9 Å². The van der Waals surface area contributed by atoms with E-state index in [1.807, 2.05) is 18.2 Å². The molecule has 1 atom stereocenters. The molecule has 2 saturated heterocycles. The van der Waals surface area contributed by atoms with Crippen molar-refractivity contribution in [2.75, 3.05) is 31.2 Å². The Morgan fingerprint density at radius 3 is 2.72 bits per heavy atom. The number of hydrogen-bond donors (Lipinski definition) is 2. The van der Waals surface area contributed by atoms with Crippen LogP contribution in [0, 0.1) is 5.92 Å². The lowest BCUT2D eigenvalue weighted by molar-refractivity contribution is -0.140. The third kappa shape index (κ3) is 5.06. The minimum absolute atomic E-state index is 0.411. The highest BCUT2D eigenvalue weighted by Gasteiger charge is 2.25. The van der Waals surface area contributed by atoms with Gasteiger partial charge in [0.1, 0.15) is 11.9 Å². The van der Waals surface area contributed by atoms with Crippen molar-refractivity contribution in [2.45, 2.75) is 51.1 Å². The fourth-order valence-electron chi connectivity index (χ4n) is 4.48. The quantitative estimate of drug-likeness (QED) is 0.744. The molecule has 6 heteroatoms. The van der Waals surface area contributed by atoms with Crippen LogP contribution in [-0.2, 0) is 16.1 Å². The molecule has 0 amide bonds. The summed E-state index contributed by atoms with van der Waals surface area (Å²) in [6.07, 6.45) is 6.18. The van der Waals surface area contributed by atoms with Crippen LogP contribution in [0.5, 0.6) is 0 Å². The van der Waals surface area contributed by atoms with Crippen LogP contribution in [0.15, 0.2) is 30.3 Å². The Bertz CT molecular complexity index is 829. The first kappa shape index (κ1) is 20.1. The summed E-state index contributed by atoms with van der Waals surface area (Å²) < 4.78 is 5.41. The average Bonchev–Trinajstić information content (AvgIpc) is 2.77. The smallest absolute Gasteiger partial charge is 0.320 e. The number of pyridine rings is 1. The van der Waals surface area contributed by atoms with E-state index in [1.54, 1.807) is 0 Å². The number of nitrogens with zero attached hydrogens (tertiary/aromatic N) is 2. The van der Waals surface area contributed by atoms with Crippen molar-refractivity contribution in [1.29, 1.82) is 0 Å². The van der Waals surface area contributed by atoms with Crippen LogP contribution in [0.1, 0.15) is 44.1 Å². The van der Waals surface area contributed by atoms with E-state index >= 15 is 0 Å². The first-order valence-electron chi connectivity index (χ1n) is 10.9. The average molecular weight is 398 g/mol. The lowest BCUT2D eigenvalue weighted by atomic mass is 9.92. The number of aliphatic carboxylic acids is 1. The van der Waals surface area contributed by atoms with Gasteiger partial charge in [-0.25, -0.2) is 4.98 Å². The van der Waals surface area contributed by atoms with Crippen LogP contribution < -0.4 is 10.2 Å². The highest BCUT2D eigenvalue weighted by atomic mass is 16.5. The topological polar surface area (TPSA) is 74.7 Å². The van der Waals surface area contributed by atoms with Crippen LogP contribution in [0.4, 0.5) is 5.82 Å². The van der Waals surface area contributed by atoms with E-state index in [2.05, 4.69) is 22.3 Å². The van der Waals surface area contributed by atoms with Gasteiger partial charge in [0.05, 0.1) is 5.52 Å². The zero-order valence-corrected chi connectivity index (χ0v) is 17.0. The zero-order valence-electron chi connectivity index (χ0n) is 17.0. The second kappa shape index (κ2) is 9.55. The van der Waals surface area contributed by atoms with Gasteiger partial charge in [-0.15, -0.1) is 0 Å². The molecule has 0 aliphatic carbocycles. The first-order valence-corrected chi connectivity index (χ1v) is 10.9. The van der Waals surface area contributed by atoms with Crippen LogP contribution in [0.2, 0.25) is 0 Å². The summed E-state index contributed by atoms with van der Waals surface area (Å²) in [5.74, 6) is 0.643. The number of nitrogens with one attached hydrogen (secondary N) is 1. The van der Waals surface area contributed by atoms with Gasteiger partial charge in [-0.3, -0.25) is 4.79 Å². The number of carbonyl (C=O) groups is 1. The van der Waals surface area contributed by atoms with E-state index in [9.17, 15) is 9.90 Å². The Morgan fingerprint density at radius 2 is 1.97 bits per heavy atom. The predicted molar refractivity (Wildman–Crippen MR) is 114 cm³/mol. The molecule has 0 radical (unpaired) electrons. The molecule has 29 heavy (non-hydrogen) atoms. The van der Waals surface area contributed by atoms with Crippen molar-refractivity contribution < 1.29 is 14.6 Å². The zero-order chi connectivity index (χ0) is 20.1. The van der Waals surface area contributed by atoms with Crippen molar-refractivity contribution in [3.8, 4) is 0 Å². The Kier molecular flexibility index (Phi) is 6.62. The maximum atomic E-state index is 11.9. The van der Waals surface area contributed by atoms with Crippen LogP contribution in [-0.4, -0.2) is 48.4 Å². The molecule has 0 saturated carbocycles. The number of carboxylic acid groups (broad SMARTS) is 1. The van der Waals surface area contributed by atoms with Gasteiger partial charge in [-0.2, -0.15) is 0 Å². The Morgan fingerprint density at radius 1 is 1.21 bits per heavy atom. The molecule has 2 N–H and O–H groups in total. The minimum Gasteiger partial charge on any atom is -0.480 e. The number of carboxylic acids is 1. The molecule has 1 aromatic heterocycles. The highest BCUT2D eigenvalue weighted by molar-refractivity contribution is 5.82. The Balaban J connectivity index is 1.53. The molecule has 2 aliphatic heterocycles. The number of piperidine rings is 1. The summed E-state index contributed by atoms with van der Waals surface area (Å²) in [6.45, 7) is 4.03. The lowest BCUT2D eigenvalue weighted by Crippen LogP contribution is -2.39. The Labute approximate surface area is 172 Å². The van der Waals surface area contributed by atoms with Crippen LogP contribution in [0.3, 0.4) is 0 Å². The Hall–Kier alpha value is -2.18. The monoisotopic (exact) mass is 397 g/mol. The van der Waals surface area contributed by atoms with Gasteiger partial charge in [0.2, 0.25) is 0 Å². The molecular weight excluding hydrogens is 366 g/mol. The molecule has 2 aliphatic rings.